The van der Waals surface area contributed by atoms with Gasteiger partial charge in [-0.1, -0.05) is 0 Å². The van der Waals surface area contributed by atoms with Crippen molar-refractivity contribution in [1.82, 2.24) is 4.90 Å². The molecule has 0 radical (unpaired) electrons. The molecule has 0 atom stereocenters. The first-order valence-corrected chi connectivity index (χ1v) is 3.75. The van der Waals surface area contributed by atoms with Crippen LogP contribution in [-0.2, 0) is 0 Å². The fraction of sp³-hybridized carbons (Fsp3) is 0.833. The Morgan fingerprint density at radius 3 is 2.44 bits per heavy atom. The summed E-state index contributed by atoms with van der Waals surface area (Å²) in [6.45, 7) is 2.31. The molecule has 0 aromatic rings. The molecule has 0 aromatic carbocycles. The van der Waals surface area contributed by atoms with Gasteiger partial charge in [-0.3, -0.25) is 0 Å². The van der Waals surface area contributed by atoms with Crippen LogP contribution in [0.3, 0.4) is 0 Å². The van der Waals surface area contributed by atoms with Gasteiger partial charge in [-0.05, 0) is 32.1 Å². The van der Waals surface area contributed by atoms with Crippen molar-refractivity contribution in [2.45, 2.75) is 19.3 Å². The molecular weight excluding hydrogens is 132 g/mol. The van der Waals surface area contributed by atoms with Crippen LogP contribution >= 0.6 is 12.8 Å². The minimum Gasteiger partial charge on any atom is -0.362 e. The van der Waals surface area contributed by atoms with E-state index in [2.05, 4.69) is 22.1 Å². The third kappa shape index (κ3) is 2.26. The van der Waals surface area contributed by atoms with Gasteiger partial charge in [0.05, 0.1) is 6.34 Å². The summed E-state index contributed by atoms with van der Waals surface area (Å²) in [5.41, 5.74) is 0. The lowest BCUT2D eigenvalue weighted by molar-refractivity contribution is 0.351. The van der Waals surface area contributed by atoms with Crippen LogP contribution in [0.1, 0.15) is 19.3 Å². The molecule has 3 heteroatoms. The molecule has 0 saturated carbocycles. The largest absolute Gasteiger partial charge is 0.362 e. The van der Waals surface area contributed by atoms with Crippen molar-refractivity contribution in [1.29, 1.82) is 0 Å². The molecule has 1 saturated heterocycles. The maximum atomic E-state index is 3.76. The number of piperidine rings is 1. The van der Waals surface area contributed by atoms with Gasteiger partial charge in [0, 0.05) is 13.1 Å². The third-order valence-electron chi connectivity index (χ3n) is 1.61. The minimum atomic E-state index is 1.16. The number of hydrogen-bond acceptors (Lipinski definition) is 2. The Morgan fingerprint density at radius 1 is 1.22 bits per heavy atom. The number of likely N-dealkylation sites (tertiary alicyclic amines) is 1. The minimum absolute atomic E-state index is 1.16. The summed E-state index contributed by atoms with van der Waals surface area (Å²) in [4.78, 5) is 2.20. The van der Waals surface area contributed by atoms with Crippen LogP contribution in [0.4, 0.5) is 0 Å². The molecule has 1 aliphatic heterocycles. The molecule has 1 fully saturated rings. The highest BCUT2D eigenvalue weighted by Crippen LogP contribution is 2.05. The molecule has 9 heavy (non-hydrogen) atoms. The molecular formula is C6H12N2S. The number of rotatable bonds is 1. The van der Waals surface area contributed by atoms with Gasteiger partial charge in [0.15, 0.2) is 0 Å². The second kappa shape index (κ2) is 3.77. The highest BCUT2D eigenvalue weighted by Gasteiger charge is 2.04. The summed E-state index contributed by atoms with van der Waals surface area (Å²) in [7, 11) is 0. The molecule has 0 aliphatic carbocycles. The van der Waals surface area contributed by atoms with Gasteiger partial charge in [0.2, 0.25) is 0 Å². The zero-order valence-corrected chi connectivity index (χ0v) is 6.35. The molecule has 2 nitrogen and oxygen atoms in total. The lowest BCUT2D eigenvalue weighted by Crippen LogP contribution is -2.27. The van der Waals surface area contributed by atoms with E-state index in [1.54, 1.807) is 0 Å². The van der Waals surface area contributed by atoms with E-state index in [-0.39, 0.29) is 0 Å². The Morgan fingerprint density at radius 2 is 1.89 bits per heavy atom. The zero-order valence-electron chi connectivity index (χ0n) is 5.45. The summed E-state index contributed by atoms with van der Waals surface area (Å²) in [5.74, 6) is 0. The number of hydrogen-bond donors (Lipinski definition) is 1. The molecule has 1 heterocycles. The maximum absolute atomic E-state index is 3.76. The molecule has 0 N–H and O–H groups in total. The fourth-order valence-corrected chi connectivity index (χ4v) is 1.25. The molecule has 1 aliphatic rings. The lowest BCUT2D eigenvalue weighted by Gasteiger charge is -2.23. The Kier molecular flexibility index (Phi) is 2.91. The summed E-state index contributed by atoms with van der Waals surface area (Å²) < 4.78 is 3.65. The van der Waals surface area contributed by atoms with E-state index in [9.17, 15) is 0 Å². The normalized spacial score (nSPS) is 21.2. The molecule has 0 amide bonds. The topological polar surface area (TPSA) is 15.6 Å². The summed E-state index contributed by atoms with van der Waals surface area (Å²) in [6, 6.07) is 0. The van der Waals surface area contributed by atoms with Crippen LogP contribution in [0.5, 0.6) is 0 Å². The average molecular weight is 144 g/mol. The lowest BCUT2D eigenvalue weighted by atomic mass is 10.1. The van der Waals surface area contributed by atoms with Crippen molar-refractivity contribution in [3.8, 4) is 0 Å². The van der Waals surface area contributed by atoms with E-state index in [1.165, 1.54) is 19.3 Å². The van der Waals surface area contributed by atoms with Gasteiger partial charge >= 0.3 is 0 Å². The van der Waals surface area contributed by atoms with Crippen LogP contribution < -0.4 is 0 Å². The fourth-order valence-electron chi connectivity index (χ4n) is 1.11. The van der Waals surface area contributed by atoms with Crippen molar-refractivity contribution < 1.29 is 0 Å². The SMILES string of the molecule is SN=CN1CCCCC1. The summed E-state index contributed by atoms with van der Waals surface area (Å²) in [6.07, 6.45) is 5.79. The highest BCUT2D eigenvalue weighted by atomic mass is 32.1. The highest BCUT2D eigenvalue weighted by molar-refractivity contribution is 7.78. The van der Waals surface area contributed by atoms with Gasteiger partial charge in [-0.25, -0.2) is 4.40 Å². The summed E-state index contributed by atoms with van der Waals surface area (Å²) >= 11 is 3.76. The van der Waals surface area contributed by atoms with Crippen LogP contribution in [0.25, 0.3) is 0 Å². The molecule has 0 spiro atoms. The van der Waals surface area contributed by atoms with E-state index in [1.807, 2.05) is 6.34 Å². The Bertz CT molecular complexity index is 97.2. The second-order valence-electron chi connectivity index (χ2n) is 2.33. The van der Waals surface area contributed by atoms with Crippen LogP contribution in [0.2, 0.25) is 0 Å². The smallest absolute Gasteiger partial charge is 0.0986 e. The van der Waals surface area contributed by atoms with Crippen molar-refractivity contribution in [2.24, 2.45) is 4.40 Å². The van der Waals surface area contributed by atoms with Crippen molar-refractivity contribution in [3.05, 3.63) is 0 Å². The van der Waals surface area contributed by atoms with Crippen molar-refractivity contribution in [2.75, 3.05) is 13.1 Å². The molecule has 1 rings (SSSR count). The van der Waals surface area contributed by atoms with E-state index in [0.29, 0.717) is 0 Å². The van der Waals surface area contributed by atoms with E-state index in [4.69, 9.17) is 0 Å². The predicted octanol–water partition coefficient (Wildman–Crippen LogP) is 1.35. The molecule has 0 bridgehead atoms. The van der Waals surface area contributed by atoms with E-state index in [0.717, 1.165) is 13.1 Å². The summed E-state index contributed by atoms with van der Waals surface area (Å²) in [5, 5.41) is 0. The van der Waals surface area contributed by atoms with Gasteiger partial charge in [0.1, 0.15) is 0 Å². The first-order chi connectivity index (χ1) is 4.43. The van der Waals surface area contributed by atoms with Crippen LogP contribution in [0, 0.1) is 0 Å². The molecule has 0 aromatic heterocycles. The van der Waals surface area contributed by atoms with Crippen molar-refractivity contribution in [3.63, 3.8) is 0 Å². The average Bonchev–Trinajstić information content (AvgIpc) is 1.91. The Hall–Kier alpha value is -0.180. The number of thiol groups is 1. The first kappa shape index (κ1) is 6.93. The van der Waals surface area contributed by atoms with Gasteiger partial charge in [0.25, 0.3) is 0 Å². The predicted molar refractivity (Wildman–Crippen MR) is 42.9 cm³/mol. The quantitative estimate of drug-likeness (QED) is 0.333. The van der Waals surface area contributed by atoms with E-state index >= 15 is 0 Å². The van der Waals surface area contributed by atoms with Gasteiger partial charge in [-0.2, -0.15) is 0 Å². The second-order valence-corrected chi connectivity index (χ2v) is 2.56. The number of nitrogens with zero attached hydrogens (tertiary/aromatic N) is 2. The molecule has 52 valence electrons. The Labute approximate surface area is 61.5 Å². The Balaban J connectivity index is 2.23. The van der Waals surface area contributed by atoms with Gasteiger partial charge in [-0.15, -0.1) is 0 Å². The maximum Gasteiger partial charge on any atom is 0.0986 e. The monoisotopic (exact) mass is 144 g/mol. The third-order valence-corrected chi connectivity index (χ3v) is 1.71. The molecule has 0 unspecified atom stereocenters. The van der Waals surface area contributed by atoms with Crippen LogP contribution in [0.15, 0.2) is 4.40 Å². The van der Waals surface area contributed by atoms with E-state index < -0.39 is 0 Å². The zero-order chi connectivity index (χ0) is 6.53. The van der Waals surface area contributed by atoms with Crippen molar-refractivity contribution >= 4 is 19.2 Å². The van der Waals surface area contributed by atoms with Crippen LogP contribution in [-0.4, -0.2) is 24.3 Å². The first-order valence-electron chi connectivity index (χ1n) is 3.35. The standard InChI is InChI=1S/C6H12N2S/c9-7-6-8-4-2-1-3-5-8/h6,9H,1-5H2. The van der Waals surface area contributed by atoms with Gasteiger partial charge < -0.3 is 4.90 Å².